The van der Waals surface area contributed by atoms with Gasteiger partial charge in [-0.25, -0.2) is 10.4 Å². The number of piperidine rings is 1. The number of nitrogens with zero attached hydrogens (tertiary/aromatic N) is 1. The normalized spacial score (nSPS) is 31.0. The summed E-state index contributed by atoms with van der Waals surface area (Å²) in [6.45, 7) is 4.63. The standard InChI is InChI=1S/C17H26N2O/c1-12-5-3-6-13(2)19(12)18-17-8-4-7-14-9-10-15(20)11-16(14)17/h9-13,17-18,20H,3-8H2,1-2H3. The third kappa shape index (κ3) is 2.70. The third-order valence-corrected chi connectivity index (χ3v) is 4.94. The molecule has 0 saturated carbocycles. The first kappa shape index (κ1) is 13.9. The van der Waals surface area contributed by atoms with Gasteiger partial charge in [-0.3, -0.25) is 0 Å². The van der Waals surface area contributed by atoms with E-state index in [0.717, 1.165) is 12.8 Å². The van der Waals surface area contributed by atoms with E-state index < -0.39 is 0 Å². The molecule has 2 aliphatic rings. The van der Waals surface area contributed by atoms with Crippen molar-refractivity contribution in [3.8, 4) is 5.75 Å². The van der Waals surface area contributed by atoms with E-state index in [1.807, 2.05) is 12.1 Å². The van der Waals surface area contributed by atoms with Crippen LogP contribution in [0.1, 0.15) is 63.1 Å². The van der Waals surface area contributed by atoms with Gasteiger partial charge in [-0.15, -0.1) is 0 Å². The molecule has 3 heteroatoms. The Morgan fingerprint density at radius 2 is 1.85 bits per heavy atom. The largest absolute Gasteiger partial charge is 0.508 e. The number of hydrazine groups is 1. The maximum atomic E-state index is 9.77. The Hall–Kier alpha value is -1.06. The lowest BCUT2D eigenvalue weighted by molar-refractivity contribution is 0.0261. The summed E-state index contributed by atoms with van der Waals surface area (Å²) in [7, 11) is 0. The number of aromatic hydroxyl groups is 1. The van der Waals surface area contributed by atoms with E-state index in [0.29, 0.717) is 23.9 Å². The van der Waals surface area contributed by atoms with Gasteiger partial charge in [-0.1, -0.05) is 12.5 Å². The summed E-state index contributed by atoms with van der Waals surface area (Å²) < 4.78 is 0. The molecule has 0 radical (unpaired) electrons. The van der Waals surface area contributed by atoms with Crippen molar-refractivity contribution in [3.05, 3.63) is 29.3 Å². The van der Waals surface area contributed by atoms with Crippen molar-refractivity contribution < 1.29 is 5.11 Å². The van der Waals surface area contributed by atoms with Gasteiger partial charge >= 0.3 is 0 Å². The minimum Gasteiger partial charge on any atom is -0.508 e. The molecule has 0 amide bonds. The zero-order valence-electron chi connectivity index (χ0n) is 12.6. The lowest BCUT2D eigenvalue weighted by Gasteiger charge is -2.42. The van der Waals surface area contributed by atoms with Crippen LogP contribution in [0.3, 0.4) is 0 Å². The van der Waals surface area contributed by atoms with Gasteiger partial charge in [0.15, 0.2) is 0 Å². The third-order valence-electron chi connectivity index (χ3n) is 4.94. The minimum absolute atomic E-state index is 0.355. The maximum absolute atomic E-state index is 9.77. The number of hydrogen-bond donors (Lipinski definition) is 2. The number of aryl methyl sites for hydroxylation is 1. The summed E-state index contributed by atoms with van der Waals surface area (Å²) in [4.78, 5) is 0. The molecule has 2 N–H and O–H groups in total. The number of fused-ring (bicyclic) bond motifs is 1. The molecule has 1 saturated heterocycles. The van der Waals surface area contributed by atoms with E-state index in [1.165, 1.54) is 36.8 Å². The molecule has 1 aliphatic carbocycles. The fraction of sp³-hybridized carbons (Fsp3) is 0.647. The first-order valence-electron chi connectivity index (χ1n) is 8.01. The highest BCUT2D eigenvalue weighted by Crippen LogP contribution is 2.33. The van der Waals surface area contributed by atoms with E-state index in [9.17, 15) is 5.11 Å². The summed E-state index contributed by atoms with van der Waals surface area (Å²) in [5, 5.41) is 12.2. The van der Waals surface area contributed by atoms with Crippen LogP contribution in [0.15, 0.2) is 18.2 Å². The van der Waals surface area contributed by atoms with Gasteiger partial charge < -0.3 is 5.11 Å². The molecule has 0 bridgehead atoms. The highest BCUT2D eigenvalue weighted by molar-refractivity contribution is 5.38. The van der Waals surface area contributed by atoms with E-state index in [-0.39, 0.29) is 0 Å². The predicted molar refractivity (Wildman–Crippen MR) is 81.5 cm³/mol. The van der Waals surface area contributed by atoms with Crippen LogP contribution >= 0.6 is 0 Å². The Kier molecular flexibility index (Phi) is 3.99. The predicted octanol–water partition coefficient (Wildman–Crippen LogP) is 3.54. The minimum atomic E-state index is 0.355. The molecule has 1 heterocycles. The maximum Gasteiger partial charge on any atom is 0.115 e. The fourth-order valence-corrected chi connectivity index (χ4v) is 3.78. The summed E-state index contributed by atoms with van der Waals surface area (Å²) in [5.41, 5.74) is 6.45. The molecule has 3 atom stereocenters. The molecule has 0 spiro atoms. The first-order valence-corrected chi connectivity index (χ1v) is 8.01. The average molecular weight is 274 g/mol. The van der Waals surface area contributed by atoms with Crippen LogP contribution in [0, 0.1) is 0 Å². The molecule has 0 aromatic heterocycles. The van der Waals surface area contributed by atoms with Crippen LogP contribution in [0.5, 0.6) is 5.75 Å². The van der Waals surface area contributed by atoms with Crippen LogP contribution in [0.25, 0.3) is 0 Å². The molecule has 1 aromatic carbocycles. The Balaban J connectivity index is 1.80. The van der Waals surface area contributed by atoms with Crippen LogP contribution in [-0.4, -0.2) is 22.2 Å². The number of hydrogen-bond acceptors (Lipinski definition) is 3. The van der Waals surface area contributed by atoms with Crippen LogP contribution in [-0.2, 0) is 6.42 Å². The topological polar surface area (TPSA) is 35.5 Å². The van der Waals surface area contributed by atoms with Gasteiger partial charge in [-0.05, 0) is 69.2 Å². The number of rotatable bonds is 2. The molecule has 1 fully saturated rings. The quantitative estimate of drug-likeness (QED) is 0.866. The van der Waals surface area contributed by atoms with E-state index in [4.69, 9.17) is 0 Å². The van der Waals surface area contributed by atoms with Crippen molar-refractivity contribution in [1.29, 1.82) is 0 Å². The van der Waals surface area contributed by atoms with Crippen LogP contribution < -0.4 is 5.43 Å². The van der Waals surface area contributed by atoms with Crippen molar-refractivity contribution in [2.24, 2.45) is 0 Å². The molecular formula is C17H26N2O. The summed E-state index contributed by atoms with van der Waals surface area (Å²) >= 11 is 0. The van der Waals surface area contributed by atoms with Crippen molar-refractivity contribution in [2.75, 3.05) is 0 Å². The summed E-state index contributed by atoms with van der Waals surface area (Å²) in [6.07, 6.45) is 7.41. The molecular weight excluding hydrogens is 248 g/mol. The molecule has 20 heavy (non-hydrogen) atoms. The second-order valence-corrected chi connectivity index (χ2v) is 6.49. The zero-order chi connectivity index (χ0) is 14.1. The van der Waals surface area contributed by atoms with Crippen molar-refractivity contribution >= 4 is 0 Å². The lowest BCUT2D eigenvalue weighted by Crippen LogP contribution is -2.53. The summed E-state index contributed by atoms with van der Waals surface area (Å²) in [5.74, 6) is 0.386. The van der Waals surface area contributed by atoms with Crippen LogP contribution in [0.4, 0.5) is 0 Å². The Morgan fingerprint density at radius 1 is 1.10 bits per heavy atom. The van der Waals surface area contributed by atoms with Gasteiger partial charge in [0.05, 0.1) is 0 Å². The molecule has 3 unspecified atom stereocenters. The van der Waals surface area contributed by atoms with Crippen LogP contribution in [0.2, 0.25) is 0 Å². The first-order chi connectivity index (χ1) is 9.65. The second kappa shape index (κ2) is 5.74. The Morgan fingerprint density at radius 3 is 2.60 bits per heavy atom. The molecule has 3 rings (SSSR count). The Labute approximate surface area is 122 Å². The van der Waals surface area contributed by atoms with Gasteiger partial charge in [0.25, 0.3) is 0 Å². The van der Waals surface area contributed by atoms with Gasteiger partial charge in [0, 0.05) is 18.1 Å². The smallest absolute Gasteiger partial charge is 0.115 e. The number of benzene rings is 1. The van der Waals surface area contributed by atoms with Gasteiger partial charge in [0.2, 0.25) is 0 Å². The number of nitrogens with one attached hydrogen (secondary N) is 1. The van der Waals surface area contributed by atoms with Crippen molar-refractivity contribution in [3.63, 3.8) is 0 Å². The molecule has 1 aromatic rings. The van der Waals surface area contributed by atoms with Gasteiger partial charge in [-0.2, -0.15) is 0 Å². The monoisotopic (exact) mass is 274 g/mol. The van der Waals surface area contributed by atoms with Crippen molar-refractivity contribution in [1.82, 2.24) is 10.4 Å². The highest BCUT2D eigenvalue weighted by Gasteiger charge is 2.29. The number of phenols is 1. The fourth-order valence-electron chi connectivity index (χ4n) is 3.78. The average Bonchev–Trinajstić information content (AvgIpc) is 2.43. The molecule has 3 nitrogen and oxygen atoms in total. The number of phenolic OH excluding ortho intramolecular Hbond substituents is 1. The Bertz CT molecular complexity index is 464. The van der Waals surface area contributed by atoms with Crippen molar-refractivity contribution in [2.45, 2.75) is 70.5 Å². The second-order valence-electron chi connectivity index (χ2n) is 6.49. The SMILES string of the molecule is CC1CCCC(C)N1NC1CCCc2ccc(O)cc21. The van der Waals surface area contributed by atoms with E-state index in [1.54, 1.807) is 0 Å². The molecule has 110 valence electrons. The highest BCUT2D eigenvalue weighted by atomic mass is 16.3. The zero-order valence-corrected chi connectivity index (χ0v) is 12.6. The van der Waals surface area contributed by atoms with E-state index in [2.05, 4.69) is 30.3 Å². The van der Waals surface area contributed by atoms with E-state index >= 15 is 0 Å². The summed E-state index contributed by atoms with van der Waals surface area (Å²) in [6, 6.07) is 7.40. The molecule has 1 aliphatic heterocycles. The van der Waals surface area contributed by atoms with Gasteiger partial charge in [0.1, 0.15) is 5.75 Å². The lowest BCUT2D eigenvalue weighted by atomic mass is 9.87.